The SMILES string of the molecule is CCCCCCCCCCCCc1ccsc1-c1cccs1.CCCCCCCCCCCCc1ccsc1-c1cccs1. The Morgan fingerprint density at radius 1 is 0.364 bits per heavy atom. The molecule has 0 radical (unpaired) electrons. The van der Waals surface area contributed by atoms with Gasteiger partial charge in [-0.05, 0) is 82.6 Å². The summed E-state index contributed by atoms with van der Waals surface area (Å²) in [5.74, 6) is 0. The topological polar surface area (TPSA) is 0 Å². The van der Waals surface area contributed by atoms with Crippen molar-refractivity contribution in [1.29, 1.82) is 0 Å². The van der Waals surface area contributed by atoms with Gasteiger partial charge in [0, 0.05) is 19.5 Å². The average molecular weight is 669 g/mol. The summed E-state index contributed by atoms with van der Waals surface area (Å²) in [5, 5.41) is 8.86. The van der Waals surface area contributed by atoms with Crippen LogP contribution in [0, 0.1) is 0 Å². The van der Waals surface area contributed by atoms with Gasteiger partial charge in [0.2, 0.25) is 0 Å². The minimum Gasteiger partial charge on any atom is -0.143 e. The van der Waals surface area contributed by atoms with Gasteiger partial charge >= 0.3 is 0 Å². The van der Waals surface area contributed by atoms with Gasteiger partial charge < -0.3 is 0 Å². The predicted molar refractivity (Wildman–Crippen MR) is 206 cm³/mol. The molecule has 4 aromatic rings. The van der Waals surface area contributed by atoms with Gasteiger partial charge in [-0.3, -0.25) is 0 Å². The molecule has 244 valence electrons. The van der Waals surface area contributed by atoms with E-state index in [1.807, 2.05) is 45.3 Å². The molecule has 0 bridgehead atoms. The zero-order valence-corrected chi connectivity index (χ0v) is 31.2. The first-order valence-electron chi connectivity index (χ1n) is 18.0. The molecule has 0 saturated heterocycles. The van der Waals surface area contributed by atoms with Gasteiger partial charge in [-0.25, -0.2) is 0 Å². The Bertz CT molecular complexity index is 1060. The fraction of sp³-hybridized carbons (Fsp3) is 0.600. The van der Waals surface area contributed by atoms with Crippen molar-refractivity contribution in [1.82, 2.24) is 0 Å². The summed E-state index contributed by atoms with van der Waals surface area (Å²) in [6.07, 6.45) is 30.9. The molecule has 0 amide bonds. The second-order valence-corrected chi connectivity index (χ2v) is 16.1. The van der Waals surface area contributed by atoms with Crippen molar-refractivity contribution in [3.63, 3.8) is 0 Å². The molecule has 0 unspecified atom stereocenters. The minimum atomic E-state index is 1.26. The van der Waals surface area contributed by atoms with E-state index in [-0.39, 0.29) is 0 Å². The van der Waals surface area contributed by atoms with E-state index in [0.717, 1.165) is 0 Å². The Balaban J connectivity index is 0.000000240. The molecule has 0 spiro atoms. The second kappa shape index (κ2) is 25.0. The van der Waals surface area contributed by atoms with Crippen LogP contribution >= 0.6 is 45.3 Å². The third-order valence-electron chi connectivity index (χ3n) is 8.58. The van der Waals surface area contributed by atoms with E-state index in [2.05, 4.69) is 71.8 Å². The maximum Gasteiger partial charge on any atom is 0.0474 e. The zero-order valence-electron chi connectivity index (χ0n) is 28.0. The van der Waals surface area contributed by atoms with Crippen molar-refractivity contribution in [2.45, 2.75) is 155 Å². The maximum atomic E-state index is 2.33. The lowest BCUT2D eigenvalue weighted by Crippen LogP contribution is -1.86. The van der Waals surface area contributed by atoms with Gasteiger partial charge in [0.15, 0.2) is 0 Å². The summed E-state index contributed by atoms with van der Waals surface area (Å²) in [5.41, 5.74) is 3.12. The van der Waals surface area contributed by atoms with E-state index < -0.39 is 0 Å². The number of unbranched alkanes of at least 4 members (excludes halogenated alkanes) is 18. The van der Waals surface area contributed by atoms with Crippen LogP contribution in [0.3, 0.4) is 0 Å². The molecular formula is C40H60S4. The Hall–Kier alpha value is -1.20. The molecule has 4 heteroatoms. The van der Waals surface area contributed by atoms with Crippen LogP contribution in [0.1, 0.15) is 153 Å². The summed E-state index contributed by atoms with van der Waals surface area (Å²) >= 11 is 7.53. The summed E-state index contributed by atoms with van der Waals surface area (Å²) in [6.45, 7) is 4.58. The Morgan fingerprint density at radius 3 is 1.02 bits per heavy atom. The molecular weight excluding hydrogens is 609 g/mol. The molecule has 0 saturated carbocycles. The summed E-state index contributed by atoms with van der Waals surface area (Å²) in [7, 11) is 0. The van der Waals surface area contributed by atoms with E-state index in [1.165, 1.54) is 161 Å². The van der Waals surface area contributed by atoms with E-state index in [1.54, 1.807) is 11.1 Å². The predicted octanol–water partition coefficient (Wildman–Crippen LogP) is 15.9. The molecule has 0 aliphatic rings. The first-order valence-corrected chi connectivity index (χ1v) is 21.6. The van der Waals surface area contributed by atoms with Gasteiger partial charge in [0.25, 0.3) is 0 Å². The number of hydrogen-bond donors (Lipinski definition) is 0. The van der Waals surface area contributed by atoms with Crippen LogP contribution in [0.2, 0.25) is 0 Å². The molecule has 0 atom stereocenters. The molecule has 0 N–H and O–H groups in total. The summed E-state index contributed by atoms with van der Waals surface area (Å²) in [6, 6.07) is 13.5. The third kappa shape index (κ3) is 15.4. The van der Waals surface area contributed by atoms with E-state index in [0.29, 0.717) is 0 Å². The van der Waals surface area contributed by atoms with Gasteiger partial charge in [0.1, 0.15) is 0 Å². The van der Waals surface area contributed by atoms with E-state index in [9.17, 15) is 0 Å². The first kappa shape index (κ1) is 37.3. The minimum absolute atomic E-state index is 1.26. The summed E-state index contributed by atoms with van der Waals surface area (Å²) < 4.78 is 0. The highest BCUT2D eigenvalue weighted by molar-refractivity contribution is 7.21. The van der Waals surface area contributed by atoms with Crippen LogP contribution in [-0.4, -0.2) is 0 Å². The van der Waals surface area contributed by atoms with E-state index >= 15 is 0 Å². The first-order chi connectivity index (χ1) is 21.8. The lowest BCUT2D eigenvalue weighted by Gasteiger charge is -2.04. The Kier molecular flexibility index (Phi) is 21.1. The second-order valence-electron chi connectivity index (χ2n) is 12.4. The molecule has 4 heterocycles. The Labute approximate surface area is 287 Å². The van der Waals surface area contributed by atoms with Crippen molar-refractivity contribution in [3.05, 3.63) is 69.0 Å². The number of aryl methyl sites for hydroxylation is 2. The smallest absolute Gasteiger partial charge is 0.0474 e. The van der Waals surface area contributed by atoms with Crippen molar-refractivity contribution in [2.75, 3.05) is 0 Å². The highest BCUT2D eigenvalue weighted by Gasteiger charge is 2.08. The van der Waals surface area contributed by atoms with Crippen molar-refractivity contribution in [3.8, 4) is 19.5 Å². The lowest BCUT2D eigenvalue weighted by atomic mass is 10.0. The number of rotatable bonds is 24. The van der Waals surface area contributed by atoms with Crippen molar-refractivity contribution in [2.24, 2.45) is 0 Å². The average Bonchev–Trinajstić information content (AvgIpc) is 3.87. The van der Waals surface area contributed by atoms with Crippen LogP contribution in [0.25, 0.3) is 19.5 Å². The maximum absolute atomic E-state index is 2.33. The lowest BCUT2D eigenvalue weighted by molar-refractivity contribution is 0.556. The molecule has 0 nitrogen and oxygen atoms in total. The quantitative estimate of drug-likeness (QED) is 0.0652. The third-order valence-corrected chi connectivity index (χ3v) is 12.6. The van der Waals surface area contributed by atoms with Crippen LogP contribution in [0.15, 0.2) is 57.9 Å². The Morgan fingerprint density at radius 2 is 0.705 bits per heavy atom. The van der Waals surface area contributed by atoms with Gasteiger partial charge in [-0.1, -0.05) is 142 Å². The largest absolute Gasteiger partial charge is 0.143 e. The number of hydrogen-bond acceptors (Lipinski definition) is 4. The molecule has 0 aliphatic carbocycles. The molecule has 4 aromatic heterocycles. The van der Waals surface area contributed by atoms with Gasteiger partial charge in [-0.2, -0.15) is 0 Å². The van der Waals surface area contributed by atoms with Crippen molar-refractivity contribution < 1.29 is 0 Å². The highest BCUT2D eigenvalue weighted by atomic mass is 32.1. The van der Waals surface area contributed by atoms with E-state index in [4.69, 9.17) is 0 Å². The number of thiophene rings is 4. The van der Waals surface area contributed by atoms with Gasteiger partial charge in [0.05, 0.1) is 0 Å². The molecule has 4 rings (SSSR count). The fourth-order valence-electron chi connectivity index (χ4n) is 5.92. The van der Waals surface area contributed by atoms with Crippen LogP contribution < -0.4 is 0 Å². The molecule has 44 heavy (non-hydrogen) atoms. The standard InChI is InChI=1S/2C20H30S2/c2*1-2-3-4-5-6-7-8-9-10-11-13-18-15-17-22-20(18)19-14-12-16-21-19/h2*12,14-17H,2-11,13H2,1H3. The van der Waals surface area contributed by atoms with Crippen LogP contribution in [0.5, 0.6) is 0 Å². The summed E-state index contributed by atoms with van der Waals surface area (Å²) in [4.78, 5) is 5.89. The highest BCUT2D eigenvalue weighted by Crippen LogP contribution is 2.35. The van der Waals surface area contributed by atoms with Crippen LogP contribution in [-0.2, 0) is 12.8 Å². The molecule has 0 fully saturated rings. The van der Waals surface area contributed by atoms with Gasteiger partial charge in [-0.15, -0.1) is 45.3 Å². The monoisotopic (exact) mass is 668 g/mol. The zero-order chi connectivity index (χ0) is 30.9. The normalized spacial score (nSPS) is 11.1. The molecule has 0 aromatic carbocycles. The van der Waals surface area contributed by atoms with Crippen LogP contribution in [0.4, 0.5) is 0 Å². The fourth-order valence-corrected chi connectivity index (χ4v) is 9.64. The van der Waals surface area contributed by atoms with Crippen molar-refractivity contribution >= 4 is 45.3 Å². The molecule has 0 aliphatic heterocycles.